The van der Waals surface area contributed by atoms with E-state index in [9.17, 15) is 9.18 Å². The number of halogens is 2. The number of hydrogen-bond donors (Lipinski definition) is 1. The largest absolute Gasteiger partial charge is 0.339 e. The summed E-state index contributed by atoms with van der Waals surface area (Å²) in [5, 5.41) is 0. The first-order valence-electron chi connectivity index (χ1n) is 9.92. The molecule has 3 aliphatic carbocycles. The van der Waals surface area contributed by atoms with Gasteiger partial charge in [-0.25, -0.2) is 4.39 Å². The number of carbonyl (C=O) groups is 1. The second-order valence-electron chi connectivity index (χ2n) is 8.34. The van der Waals surface area contributed by atoms with E-state index in [1.165, 1.54) is 25.3 Å². The molecule has 0 spiro atoms. The van der Waals surface area contributed by atoms with E-state index >= 15 is 0 Å². The lowest BCUT2D eigenvalue weighted by atomic mass is 9.65. The first-order valence-corrected chi connectivity index (χ1v) is 9.92. The summed E-state index contributed by atoms with van der Waals surface area (Å²) in [4.78, 5) is 15.3. The lowest BCUT2D eigenvalue weighted by molar-refractivity contribution is -0.139. The minimum atomic E-state index is -0.198. The molecular formula is C21H30ClFN2O. The van der Waals surface area contributed by atoms with Gasteiger partial charge in [-0.2, -0.15) is 0 Å². The predicted molar refractivity (Wildman–Crippen MR) is 104 cm³/mol. The van der Waals surface area contributed by atoms with Crippen molar-refractivity contribution in [1.82, 2.24) is 4.90 Å². The summed E-state index contributed by atoms with van der Waals surface area (Å²) >= 11 is 0. The van der Waals surface area contributed by atoms with Crippen LogP contribution in [0.25, 0.3) is 0 Å². The maximum Gasteiger partial charge on any atom is 0.225 e. The van der Waals surface area contributed by atoms with Gasteiger partial charge in [0.15, 0.2) is 0 Å². The molecule has 0 saturated heterocycles. The molecule has 2 N–H and O–H groups in total. The van der Waals surface area contributed by atoms with Crippen LogP contribution in [0.5, 0.6) is 0 Å². The first kappa shape index (κ1) is 19.6. The maximum absolute atomic E-state index is 13.4. The van der Waals surface area contributed by atoms with Crippen LogP contribution in [0.2, 0.25) is 0 Å². The lowest BCUT2D eigenvalue weighted by Gasteiger charge is -2.44. The highest BCUT2D eigenvalue weighted by molar-refractivity contribution is 5.85. The second-order valence-corrected chi connectivity index (χ2v) is 8.34. The molecule has 3 saturated carbocycles. The molecule has 0 aliphatic heterocycles. The molecule has 2 unspecified atom stereocenters. The van der Waals surface area contributed by atoms with Crippen LogP contribution in [-0.4, -0.2) is 29.4 Å². The normalized spacial score (nSPS) is 30.4. The second kappa shape index (κ2) is 8.26. The van der Waals surface area contributed by atoms with Crippen LogP contribution in [0.15, 0.2) is 24.3 Å². The molecule has 1 amide bonds. The average Bonchev–Trinajstić information content (AvgIpc) is 3.39. The smallest absolute Gasteiger partial charge is 0.225 e. The Morgan fingerprint density at radius 1 is 1.15 bits per heavy atom. The minimum Gasteiger partial charge on any atom is -0.339 e. The van der Waals surface area contributed by atoms with Gasteiger partial charge in [0.1, 0.15) is 5.82 Å². The third-order valence-corrected chi connectivity index (χ3v) is 6.56. The fourth-order valence-corrected chi connectivity index (χ4v) is 5.03. The van der Waals surface area contributed by atoms with E-state index in [4.69, 9.17) is 5.73 Å². The van der Waals surface area contributed by atoms with E-state index < -0.39 is 0 Å². The summed E-state index contributed by atoms with van der Waals surface area (Å²) < 4.78 is 13.4. The zero-order valence-electron chi connectivity index (χ0n) is 15.3. The highest BCUT2D eigenvalue weighted by atomic mass is 35.5. The molecule has 2 atom stereocenters. The Kier molecular flexibility index (Phi) is 6.24. The molecule has 0 aromatic heterocycles. The Hall–Kier alpha value is -1.13. The van der Waals surface area contributed by atoms with Gasteiger partial charge in [0, 0.05) is 24.5 Å². The predicted octanol–water partition coefficient (Wildman–Crippen LogP) is 3.93. The summed E-state index contributed by atoms with van der Waals surface area (Å²) in [6, 6.07) is 7.47. The number of amides is 1. The Bertz CT molecular complexity index is 622. The van der Waals surface area contributed by atoms with Gasteiger partial charge >= 0.3 is 0 Å². The van der Waals surface area contributed by atoms with Crippen LogP contribution in [0.3, 0.4) is 0 Å². The molecule has 5 heteroatoms. The number of nitrogens with two attached hydrogens (primary N) is 1. The van der Waals surface area contributed by atoms with E-state index in [1.807, 2.05) is 6.07 Å². The molecule has 0 radical (unpaired) electrons. The Morgan fingerprint density at radius 3 is 2.46 bits per heavy atom. The maximum atomic E-state index is 13.4. The van der Waals surface area contributed by atoms with Crippen LogP contribution in [-0.2, 0) is 11.2 Å². The molecule has 1 aromatic carbocycles. The molecular weight excluding hydrogens is 351 g/mol. The highest BCUT2D eigenvalue weighted by Gasteiger charge is 2.43. The number of benzene rings is 1. The van der Waals surface area contributed by atoms with Gasteiger partial charge in [-0.3, -0.25) is 4.79 Å². The van der Waals surface area contributed by atoms with Crippen molar-refractivity contribution in [3.63, 3.8) is 0 Å². The Labute approximate surface area is 161 Å². The Balaban J connectivity index is 0.00000196. The van der Waals surface area contributed by atoms with Crippen molar-refractivity contribution in [2.75, 3.05) is 6.54 Å². The molecule has 0 heterocycles. The molecule has 3 fully saturated rings. The van der Waals surface area contributed by atoms with E-state index in [1.54, 1.807) is 12.1 Å². The van der Waals surface area contributed by atoms with Gasteiger partial charge in [-0.15, -0.1) is 12.4 Å². The fourth-order valence-electron chi connectivity index (χ4n) is 5.03. The van der Waals surface area contributed by atoms with Crippen LogP contribution < -0.4 is 5.73 Å². The van der Waals surface area contributed by atoms with E-state index in [-0.39, 0.29) is 24.1 Å². The standard InChI is InChI=1S/C21H29FN2O.ClH/c22-18-6-1-3-14(11-18)9-10-24(19-7-8-19)21(25)17-12-15-4-2-5-16(13-17)20(15)23;/h1,3,6,11,15-17,19-20H,2,4-5,7-10,12-13,23H2;1H. The fraction of sp³-hybridized carbons (Fsp3) is 0.667. The molecule has 1 aromatic rings. The van der Waals surface area contributed by atoms with E-state index in [0.29, 0.717) is 36.4 Å². The van der Waals surface area contributed by atoms with Gasteiger partial charge in [0.25, 0.3) is 0 Å². The molecule has 4 rings (SSSR count). The molecule has 26 heavy (non-hydrogen) atoms. The van der Waals surface area contributed by atoms with Gasteiger partial charge in [-0.1, -0.05) is 18.6 Å². The first-order chi connectivity index (χ1) is 12.1. The molecule has 3 aliphatic rings. The quantitative estimate of drug-likeness (QED) is 0.841. The Morgan fingerprint density at radius 2 is 1.85 bits per heavy atom. The van der Waals surface area contributed by atoms with Crippen molar-refractivity contribution in [3.8, 4) is 0 Å². The summed E-state index contributed by atoms with van der Waals surface area (Å²) in [7, 11) is 0. The lowest BCUT2D eigenvalue weighted by Crippen LogP contribution is -2.50. The van der Waals surface area contributed by atoms with Crippen molar-refractivity contribution >= 4 is 18.3 Å². The number of hydrogen-bond acceptors (Lipinski definition) is 2. The van der Waals surface area contributed by atoms with Crippen molar-refractivity contribution < 1.29 is 9.18 Å². The third-order valence-electron chi connectivity index (χ3n) is 6.56. The van der Waals surface area contributed by atoms with Crippen LogP contribution in [0.4, 0.5) is 4.39 Å². The molecule has 2 bridgehead atoms. The summed E-state index contributed by atoms with van der Waals surface area (Å²) in [5.41, 5.74) is 7.36. The van der Waals surface area contributed by atoms with E-state index in [0.717, 1.165) is 37.7 Å². The third kappa shape index (κ3) is 4.23. The summed E-state index contributed by atoms with van der Waals surface area (Å²) in [6.07, 6.45) is 8.57. The summed E-state index contributed by atoms with van der Waals surface area (Å²) in [6.45, 7) is 0.713. The number of fused-ring (bicyclic) bond motifs is 2. The van der Waals surface area contributed by atoms with Crippen molar-refractivity contribution in [3.05, 3.63) is 35.6 Å². The van der Waals surface area contributed by atoms with Gasteiger partial charge < -0.3 is 10.6 Å². The van der Waals surface area contributed by atoms with Gasteiger partial charge in [0.2, 0.25) is 5.91 Å². The van der Waals surface area contributed by atoms with Crippen molar-refractivity contribution in [2.45, 2.75) is 63.5 Å². The monoisotopic (exact) mass is 380 g/mol. The summed E-state index contributed by atoms with van der Waals surface area (Å²) in [5.74, 6) is 1.36. The van der Waals surface area contributed by atoms with Crippen LogP contribution in [0, 0.1) is 23.6 Å². The van der Waals surface area contributed by atoms with Crippen molar-refractivity contribution in [1.29, 1.82) is 0 Å². The number of nitrogens with zero attached hydrogens (tertiary/aromatic N) is 1. The van der Waals surface area contributed by atoms with Gasteiger partial charge in [0.05, 0.1) is 0 Å². The topological polar surface area (TPSA) is 46.3 Å². The zero-order chi connectivity index (χ0) is 17.4. The van der Waals surface area contributed by atoms with Gasteiger partial charge in [-0.05, 0) is 74.5 Å². The number of rotatable bonds is 5. The zero-order valence-corrected chi connectivity index (χ0v) is 16.1. The van der Waals surface area contributed by atoms with E-state index in [2.05, 4.69) is 4.90 Å². The SMILES string of the molecule is Cl.NC1C2CCCC1CC(C(=O)N(CCc1cccc(F)c1)C1CC1)C2. The van der Waals surface area contributed by atoms with Crippen LogP contribution in [0.1, 0.15) is 50.5 Å². The highest BCUT2D eigenvalue weighted by Crippen LogP contribution is 2.43. The van der Waals surface area contributed by atoms with Crippen LogP contribution >= 0.6 is 12.4 Å². The molecule has 144 valence electrons. The molecule has 3 nitrogen and oxygen atoms in total. The minimum absolute atomic E-state index is 0. The number of carbonyl (C=O) groups excluding carboxylic acids is 1. The van der Waals surface area contributed by atoms with Crippen molar-refractivity contribution in [2.24, 2.45) is 23.5 Å². The average molecular weight is 381 g/mol.